The lowest BCUT2D eigenvalue weighted by molar-refractivity contribution is -0.113. The zero-order valence-corrected chi connectivity index (χ0v) is 21.3. The topological polar surface area (TPSA) is 54.9 Å². The highest BCUT2D eigenvalue weighted by Crippen LogP contribution is 2.30. The van der Waals surface area contributed by atoms with Crippen LogP contribution in [-0.4, -0.2) is 21.6 Å². The standard InChI is InChI=1S/C21H14BrCl2N3OS3/c22-14-3-1-12(2-4-14)18-10-29-21(26-18)30-11-19(28)27-20-25-9-16(31-20)8-13-7-15(23)5-6-17(13)24/h1-7,9-10H,8,11H2,(H,25,27,28). The van der Waals surface area contributed by atoms with Crippen molar-refractivity contribution in [1.82, 2.24) is 9.97 Å². The van der Waals surface area contributed by atoms with E-state index in [-0.39, 0.29) is 11.7 Å². The van der Waals surface area contributed by atoms with Crippen molar-refractivity contribution >= 4 is 84.6 Å². The third-order valence-electron chi connectivity index (χ3n) is 4.12. The zero-order chi connectivity index (χ0) is 21.8. The van der Waals surface area contributed by atoms with E-state index in [2.05, 4.69) is 31.2 Å². The molecule has 10 heteroatoms. The van der Waals surface area contributed by atoms with Gasteiger partial charge in [0.1, 0.15) is 0 Å². The fourth-order valence-corrected chi connectivity index (χ4v) is 5.80. The van der Waals surface area contributed by atoms with Gasteiger partial charge in [0, 0.05) is 43.0 Å². The number of benzene rings is 2. The predicted molar refractivity (Wildman–Crippen MR) is 136 cm³/mol. The van der Waals surface area contributed by atoms with Crippen LogP contribution in [0.4, 0.5) is 5.13 Å². The summed E-state index contributed by atoms with van der Waals surface area (Å²) >= 11 is 20.1. The van der Waals surface area contributed by atoms with Gasteiger partial charge in [-0.25, -0.2) is 9.97 Å². The number of thioether (sulfide) groups is 1. The second-order valence-corrected chi connectivity index (χ2v) is 11.3. The summed E-state index contributed by atoms with van der Waals surface area (Å²) in [7, 11) is 0. The van der Waals surface area contributed by atoms with Crippen molar-refractivity contribution in [2.45, 2.75) is 10.8 Å². The maximum Gasteiger partial charge on any atom is 0.236 e. The fraction of sp³-hybridized carbons (Fsp3) is 0.0952. The van der Waals surface area contributed by atoms with Gasteiger partial charge < -0.3 is 5.32 Å². The van der Waals surface area contributed by atoms with Gasteiger partial charge in [0.05, 0.1) is 11.4 Å². The maximum atomic E-state index is 12.3. The minimum absolute atomic E-state index is 0.118. The molecule has 1 amide bonds. The van der Waals surface area contributed by atoms with E-state index in [0.717, 1.165) is 30.5 Å². The van der Waals surface area contributed by atoms with Crippen molar-refractivity contribution in [3.8, 4) is 11.3 Å². The third-order valence-corrected chi connectivity index (χ3v) is 8.19. The predicted octanol–water partition coefficient (Wildman–Crippen LogP) is 7.66. The highest BCUT2D eigenvalue weighted by atomic mass is 79.9. The number of thiazole rings is 2. The fourth-order valence-electron chi connectivity index (χ4n) is 2.67. The van der Waals surface area contributed by atoms with Crippen molar-refractivity contribution in [1.29, 1.82) is 0 Å². The number of rotatable bonds is 7. The van der Waals surface area contributed by atoms with Crippen LogP contribution in [0.3, 0.4) is 0 Å². The number of anilines is 1. The minimum Gasteiger partial charge on any atom is -0.301 e. The van der Waals surface area contributed by atoms with Crippen molar-refractivity contribution < 1.29 is 4.79 Å². The van der Waals surface area contributed by atoms with Gasteiger partial charge in [-0.2, -0.15) is 0 Å². The van der Waals surface area contributed by atoms with E-state index >= 15 is 0 Å². The van der Waals surface area contributed by atoms with E-state index in [1.807, 2.05) is 35.7 Å². The highest BCUT2D eigenvalue weighted by molar-refractivity contribution is 9.10. The molecule has 0 radical (unpaired) electrons. The highest BCUT2D eigenvalue weighted by Gasteiger charge is 2.11. The molecule has 158 valence electrons. The van der Waals surface area contributed by atoms with Crippen molar-refractivity contribution in [3.05, 3.63) is 79.0 Å². The molecular formula is C21H14BrCl2N3OS3. The third kappa shape index (κ3) is 6.31. The molecule has 0 aliphatic carbocycles. The van der Waals surface area contributed by atoms with Gasteiger partial charge in [-0.15, -0.1) is 22.7 Å². The molecule has 0 fully saturated rings. The molecular weight excluding hydrogens is 557 g/mol. The summed E-state index contributed by atoms with van der Waals surface area (Å²) < 4.78 is 1.88. The van der Waals surface area contributed by atoms with E-state index in [1.165, 1.54) is 34.4 Å². The van der Waals surface area contributed by atoms with Gasteiger partial charge in [0.15, 0.2) is 9.47 Å². The van der Waals surface area contributed by atoms with Crippen LogP contribution in [0.1, 0.15) is 10.4 Å². The Morgan fingerprint density at radius 3 is 2.77 bits per heavy atom. The van der Waals surface area contributed by atoms with Crippen molar-refractivity contribution in [2.24, 2.45) is 0 Å². The number of carbonyl (C=O) groups is 1. The van der Waals surface area contributed by atoms with Gasteiger partial charge in [-0.1, -0.05) is 63.0 Å². The van der Waals surface area contributed by atoms with E-state index < -0.39 is 0 Å². The van der Waals surface area contributed by atoms with Crippen LogP contribution < -0.4 is 5.32 Å². The molecule has 0 spiro atoms. The quantitative estimate of drug-likeness (QED) is 0.232. The number of carbonyl (C=O) groups excluding carboxylic acids is 1. The summed E-state index contributed by atoms with van der Waals surface area (Å²) in [6.45, 7) is 0. The van der Waals surface area contributed by atoms with Gasteiger partial charge in [0.2, 0.25) is 5.91 Å². The summed E-state index contributed by atoms with van der Waals surface area (Å²) in [5.74, 6) is 0.148. The molecule has 4 rings (SSSR count). The van der Waals surface area contributed by atoms with Gasteiger partial charge in [0.25, 0.3) is 0 Å². The summed E-state index contributed by atoms with van der Waals surface area (Å²) in [5, 5.41) is 6.71. The first kappa shape index (κ1) is 22.8. The molecule has 1 N–H and O–H groups in total. The number of hydrogen-bond acceptors (Lipinski definition) is 6. The minimum atomic E-state index is -0.118. The molecule has 4 aromatic rings. The first-order valence-electron chi connectivity index (χ1n) is 8.99. The Hall–Kier alpha value is -1.42. The summed E-state index contributed by atoms with van der Waals surface area (Å²) in [6, 6.07) is 13.4. The average molecular weight is 571 g/mol. The first-order chi connectivity index (χ1) is 15.0. The summed E-state index contributed by atoms with van der Waals surface area (Å²) in [4.78, 5) is 22.2. The van der Waals surface area contributed by atoms with E-state index in [0.29, 0.717) is 21.6 Å². The Balaban J connectivity index is 1.30. The van der Waals surface area contributed by atoms with Crippen LogP contribution in [0, 0.1) is 0 Å². The lowest BCUT2D eigenvalue weighted by atomic mass is 10.1. The summed E-state index contributed by atoms with van der Waals surface area (Å²) in [5.41, 5.74) is 2.88. The molecule has 4 nitrogen and oxygen atoms in total. The average Bonchev–Trinajstić information content (AvgIpc) is 3.39. The molecule has 0 atom stereocenters. The lowest BCUT2D eigenvalue weighted by Gasteiger charge is -2.02. The molecule has 0 saturated carbocycles. The normalized spacial score (nSPS) is 10.9. The zero-order valence-electron chi connectivity index (χ0n) is 15.8. The van der Waals surface area contributed by atoms with Gasteiger partial charge in [-0.05, 0) is 35.9 Å². The van der Waals surface area contributed by atoms with Crippen LogP contribution in [0.15, 0.2) is 62.9 Å². The van der Waals surface area contributed by atoms with Crippen molar-refractivity contribution in [3.63, 3.8) is 0 Å². The molecule has 0 bridgehead atoms. The molecule has 0 unspecified atom stereocenters. The molecule has 31 heavy (non-hydrogen) atoms. The lowest BCUT2D eigenvalue weighted by Crippen LogP contribution is -2.13. The first-order valence-corrected chi connectivity index (χ1v) is 13.2. The summed E-state index contributed by atoms with van der Waals surface area (Å²) in [6.07, 6.45) is 2.36. The van der Waals surface area contributed by atoms with E-state index in [9.17, 15) is 4.79 Å². The Labute approximate surface area is 210 Å². The second-order valence-electron chi connectivity index (χ2n) is 6.39. The Bertz CT molecular complexity index is 1210. The van der Waals surface area contributed by atoms with Gasteiger partial charge >= 0.3 is 0 Å². The SMILES string of the molecule is O=C(CSc1nc(-c2ccc(Br)cc2)cs1)Nc1ncc(Cc2cc(Cl)ccc2Cl)s1. The van der Waals surface area contributed by atoms with Crippen molar-refractivity contribution in [2.75, 3.05) is 11.1 Å². The van der Waals surface area contributed by atoms with Crippen LogP contribution in [0.5, 0.6) is 0 Å². The molecule has 2 aromatic carbocycles. The molecule has 0 aliphatic heterocycles. The number of hydrogen-bond donors (Lipinski definition) is 1. The monoisotopic (exact) mass is 569 g/mol. The number of halogens is 3. The van der Waals surface area contributed by atoms with Crippen LogP contribution in [0.25, 0.3) is 11.3 Å². The van der Waals surface area contributed by atoms with Crippen LogP contribution in [-0.2, 0) is 11.2 Å². The smallest absolute Gasteiger partial charge is 0.236 e. The molecule has 2 heterocycles. The second kappa shape index (κ2) is 10.5. The molecule has 2 aromatic heterocycles. The van der Waals surface area contributed by atoms with E-state index in [1.54, 1.807) is 18.3 Å². The number of aromatic nitrogens is 2. The number of amides is 1. The number of nitrogens with zero attached hydrogens (tertiary/aromatic N) is 2. The Morgan fingerprint density at radius 2 is 1.97 bits per heavy atom. The van der Waals surface area contributed by atoms with Crippen LogP contribution >= 0.6 is 73.6 Å². The molecule has 0 aliphatic rings. The Kier molecular flexibility index (Phi) is 7.68. The van der Waals surface area contributed by atoms with E-state index in [4.69, 9.17) is 23.2 Å². The maximum absolute atomic E-state index is 12.3. The largest absolute Gasteiger partial charge is 0.301 e. The van der Waals surface area contributed by atoms with Gasteiger partial charge in [-0.3, -0.25) is 4.79 Å². The Morgan fingerprint density at radius 1 is 1.16 bits per heavy atom. The van der Waals surface area contributed by atoms with Crippen LogP contribution in [0.2, 0.25) is 10.0 Å². The molecule has 0 saturated heterocycles. The number of nitrogens with one attached hydrogen (secondary N) is 1.